The van der Waals surface area contributed by atoms with Crippen LogP contribution in [0.3, 0.4) is 0 Å². The summed E-state index contributed by atoms with van der Waals surface area (Å²) in [5, 5.41) is 14.7. The largest absolute Gasteiger partial charge is 0.493 e. The molecule has 0 radical (unpaired) electrons. The molecule has 0 amide bonds. The van der Waals surface area contributed by atoms with Gasteiger partial charge in [0.05, 0.1) is 35.9 Å². The number of hydrogen-bond donors (Lipinski definition) is 0. The molecule has 0 saturated heterocycles. The van der Waals surface area contributed by atoms with Crippen LogP contribution in [0.4, 0.5) is 0 Å². The van der Waals surface area contributed by atoms with Gasteiger partial charge in [-0.1, -0.05) is 55.7 Å². The summed E-state index contributed by atoms with van der Waals surface area (Å²) in [5.74, 6) is 2.03. The van der Waals surface area contributed by atoms with Crippen molar-refractivity contribution >= 4 is 17.1 Å². The van der Waals surface area contributed by atoms with Crippen LogP contribution in [0.5, 0.6) is 11.5 Å². The van der Waals surface area contributed by atoms with Crippen LogP contribution in [-0.2, 0) is 13.0 Å². The Balaban J connectivity index is 1.53. The Kier molecular flexibility index (Phi) is 8.36. The third-order valence-electron chi connectivity index (χ3n) is 7.32. The van der Waals surface area contributed by atoms with Gasteiger partial charge in [0.1, 0.15) is 12.4 Å². The molecule has 1 heterocycles. The van der Waals surface area contributed by atoms with Crippen molar-refractivity contribution in [1.82, 2.24) is 9.66 Å². The van der Waals surface area contributed by atoms with Gasteiger partial charge in [0, 0.05) is 17.0 Å². The minimum Gasteiger partial charge on any atom is -0.493 e. The highest BCUT2D eigenvalue weighted by atomic mass is 16.5. The van der Waals surface area contributed by atoms with Crippen LogP contribution in [-0.4, -0.2) is 23.0 Å². The maximum absolute atomic E-state index is 13.6. The summed E-state index contributed by atoms with van der Waals surface area (Å²) in [6.07, 6.45) is 9.47. The van der Waals surface area contributed by atoms with Crippen LogP contribution in [0.15, 0.2) is 83.2 Å². The zero-order valence-corrected chi connectivity index (χ0v) is 22.7. The van der Waals surface area contributed by atoms with Crippen LogP contribution < -0.4 is 15.0 Å². The molecule has 4 aromatic rings. The fourth-order valence-electron chi connectivity index (χ4n) is 5.29. The lowest BCUT2D eigenvalue weighted by Crippen LogP contribution is -2.25. The molecule has 1 fully saturated rings. The minimum atomic E-state index is -0.170. The van der Waals surface area contributed by atoms with E-state index < -0.39 is 0 Å². The van der Waals surface area contributed by atoms with Crippen molar-refractivity contribution in [3.63, 3.8) is 0 Å². The molecule has 0 aliphatic heterocycles. The molecule has 1 aliphatic carbocycles. The molecule has 0 atom stereocenters. The monoisotopic (exact) mass is 532 g/mol. The highest BCUT2D eigenvalue weighted by Crippen LogP contribution is 2.35. The predicted octanol–water partition coefficient (Wildman–Crippen LogP) is 6.51. The van der Waals surface area contributed by atoms with Gasteiger partial charge in [-0.3, -0.25) is 4.79 Å². The summed E-state index contributed by atoms with van der Waals surface area (Å²) < 4.78 is 13.4. The number of methoxy groups -OCH3 is 1. The van der Waals surface area contributed by atoms with Crippen molar-refractivity contribution in [3.8, 4) is 17.6 Å². The van der Waals surface area contributed by atoms with Gasteiger partial charge < -0.3 is 9.47 Å². The van der Waals surface area contributed by atoms with E-state index in [4.69, 9.17) is 14.5 Å². The molecule has 3 aromatic carbocycles. The number of aromatic nitrogens is 2. The molecular weight excluding hydrogens is 500 g/mol. The van der Waals surface area contributed by atoms with Crippen molar-refractivity contribution in [2.75, 3.05) is 7.11 Å². The van der Waals surface area contributed by atoms with E-state index in [9.17, 15) is 10.1 Å². The summed E-state index contributed by atoms with van der Waals surface area (Å²) in [4.78, 5) is 18.5. The molecule has 202 valence electrons. The van der Waals surface area contributed by atoms with Crippen LogP contribution >= 0.6 is 0 Å². The van der Waals surface area contributed by atoms with Crippen molar-refractivity contribution in [2.24, 2.45) is 5.10 Å². The first-order valence-electron chi connectivity index (χ1n) is 13.6. The van der Waals surface area contributed by atoms with E-state index in [0.717, 1.165) is 42.4 Å². The fourth-order valence-corrected chi connectivity index (χ4v) is 5.29. The number of ether oxygens (including phenoxy) is 2. The molecular formula is C33H32N4O3. The second kappa shape index (κ2) is 12.4. The molecule has 1 aliphatic rings. The van der Waals surface area contributed by atoms with Gasteiger partial charge in [-0.25, -0.2) is 4.98 Å². The lowest BCUT2D eigenvalue weighted by Gasteiger charge is -2.22. The second-order valence-electron chi connectivity index (χ2n) is 9.95. The Hall–Kier alpha value is -4.70. The second-order valence-corrected chi connectivity index (χ2v) is 9.95. The molecule has 0 N–H and O–H groups in total. The lowest BCUT2D eigenvalue weighted by atomic mass is 9.88. The van der Waals surface area contributed by atoms with Crippen molar-refractivity contribution in [3.05, 3.63) is 112 Å². The van der Waals surface area contributed by atoms with E-state index >= 15 is 0 Å². The summed E-state index contributed by atoms with van der Waals surface area (Å²) in [5.41, 5.74) is 3.51. The van der Waals surface area contributed by atoms with Gasteiger partial charge in [0.2, 0.25) is 0 Å². The summed E-state index contributed by atoms with van der Waals surface area (Å²) in [6.45, 7) is 4.12. The molecule has 40 heavy (non-hydrogen) atoms. The fraction of sp³-hybridized carbons (Fsp3) is 0.273. The van der Waals surface area contributed by atoms with E-state index in [1.807, 2.05) is 48.5 Å². The number of para-hydroxylation sites is 1. The van der Waals surface area contributed by atoms with E-state index in [2.05, 4.69) is 17.7 Å². The van der Waals surface area contributed by atoms with E-state index in [1.165, 1.54) is 11.1 Å². The normalized spacial score (nSPS) is 13.8. The van der Waals surface area contributed by atoms with Gasteiger partial charge in [-0.05, 0) is 55.2 Å². The maximum Gasteiger partial charge on any atom is 0.282 e. The minimum absolute atomic E-state index is 0.170. The van der Waals surface area contributed by atoms with Crippen LogP contribution in [0, 0.1) is 11.3 Å². The molecule has 1 aromatic heterocycles. The van der Waals surface area contributed by atoms with Gasteiger partial charge in [-0.15, -0.1) is 6.58 Å². The van der Waals surface area contributed by atoms with Crippen LogP contribution in [0.2, 0.25) is 0 Å². The number of rotatable bonds is 9. The number of fused-ring (bicyclic) bond motifs is 1. The molecule has 5 rings (SSSR count). The zero-order chi connectivity index (χ0) is 27.9. The van der Waals surface area contributed by atoms with Gasteiger partial charge in [-0.2, -0.15) is 15.0 Å². The van der Waals surface area contributed by atoms with E-state index in [1.54, 1.807) is 31.5 Å². The van der Waals surface area contributed by atoms with Gasteiger partial charge in [0.25, 0.3) is 5.56 Å². The highest BCUT2D eigenvalue weighted by molar-refractivity contribution is 5.82. The Morgan fingerprint density at radius 1 is 1.10 bits per heavy atom. The third-order valence-corrected chi connectivity index (χ3v) is 7.32. The summed E-state index contributed by atoms with van der Waals surface area (Å²) in [6, 6.07) is 20.8. The third kappa shape index (κ3) is 5.67. The van der Waals surface area contributed by atoms with Crippen molar-refractivity contribution in [1.29, 1.82) is 5.26 Å². The summed E-state index contributed by atoms with van der Waals surface area (Å²) >= 11 is 0. The Labute approximate surface area is 234 Å². The Morgan fingerprint density at radius 3 is 2.65 bits per heavy atom. The first kappa shape index (κ1) is 26.9. The average molecular weight is 533 g/mol. The molecule has 7 heteroatoms. The number of hydrogen-bond acceptors (Lipinski definition) is 6. The van der Waals surface area contributed by atoms with Crippen molar-refractivity contribution < 1.29 is 9.47 Å². The standard InChI is InChI=1S/C33H32N4O3/c1-3-11-25-18-23(19-30(39-2)31(25)40-22-27-15-8-7-14-26(27)20-34)21-35-37-32(24-12-5-4-6-13-24)36-29-17-10-9-16-28(29)33(37)38/h3,7-10,14-19,21,24H,1,4-6,11-13,22H2,2H3. The number of benzene rings is 3. The van der Waals surface area contributed by atoms with Crippen LogP contribution in [0.25, 0.3) is 10.9 Å². The zero-order valence-electron chi connectivity index (χ0n) is 22.7. The molecule has 1 saturated carbocycles. The Bertz CT molecular complexity index is 1660. The van der Waals surface area contributed by atoms with Crippen LogP contribution in [0.1, 0.15) is 66.1 Å². The van der Waals surface area contributed by atoms with Gasteiger partial charge in [0.15, 0.2) is 11.5 Å². The Morgan fingerprint density at radius 2 is 1.88 bits per heavy atom. The smallest absolute Gasteiger partial charge is 0.282 e. The lowest BCUT2D eigenvalue weighted by molar-refractivity contribution is 0.281. The highest BCUT2D eigenvalue weighted by Gasteiger charge is 2.22. The number of allylic oxidation sites excluding steroid dienone is 1. The number of nitrogens with zero attached hydrogens (tertiary/aromatic N) is 4. The SMILES string of the molecule is C=CCc1cc(C=Nn2c(C3CCCCC3)nc3ccccc3c2=O)cc(OC)c1OCc1ccccc1C#N. The van der Waals surface area contributed by atoms with E-state index in [0.29, 0.717) is 40.2 Å². The molecule has 7 nitrogen and oxygen atoms in total. The topological polar surface area (TPSA) is 89.5 Å². The molecule has 0 unspecified atom stereocenters. The average Bonchev–Trinajstić information content (AvgIpc) is 3.00. The van der Waals surface area contributed by atoms with Crippen molar-refractivity contribution in [2.45, 2.75) is 51.0 Å². The molecule has 0 spiro atoms. The van der Waals surface area contributed by atoms with E-state index in [-0.39, 0.29) is 18.1 Å². The maximum atomic E-state index is 13.6. The summed E-state index contributed by atoms with van der Waals surface area (Å²) in [7, 11) is 1.59. The first-order valence-corrected chi connectivity index (χ1v) is 13.6. The van der Waals surface area contributed by atoms with Gasteiger partial charge >= 0.3 is 0 Å². The first-order chi connectivity index (χ1) is 19.6. The quantitative estimate of drug-likeness (QED) is 0.181. The molecule has 0 bridgehead atoms. The number of nitriles is 1. The predicted molar refractivity (Wildman–Crippen MR) is 157 cm³/mol.